The van der Waals surface area contributed by atoms with E-state index < -0.39 is 23.5 Å². The quantitative estimate of drug-likeness (QED) is 0.248. The summed E-state index contributed by atoms with van der Waals surface area (Å²) in [6, 6.07) is 16.2. The smallest absolute Gasteiger partial charge is 0.392 e. The molecular weight excluding hydrogens is 530 g/mol. The topological polar surface area (TPSA) is 20.2 Å². The lowest BCUT2D eigenvalue weighted by Crippen LogP contribution is -2.04. The van der Waals surface area contributed by atoms with Gasteiger partial charge in [-0.3, -0.25) is 0 Å². The standard InChI is InChI=1S/C14H13F3S.C8H7F3O.C6H8S/c1-9-7-12(10(2)18-9)8-11-3-5-13(6-4-11)14(15,16)17;9-8(10,11)7-3-1-6(5-12)2-4-7;1-5-3-4-6(2)7-5/h3-7H,8H2,1-2H3;1-4,12H,5H2;3-4H,1-2H3. The van der Waals surface area contributed by atoms with Crippen molar-refractivity contribution in [1.29, 1.82) is 0 Å². The Balaban J connectivity index is 0.000000217. The van der Waals surface area contributed by atoms with E-state index in [1.807, 2.05) is 25.2 Å². The second-order valence-electron chi connectivity index (χ2n) is 8.32. The van der Waals surface area contributed by atoms with Crippen molar-refractivity contribution >= 4 is 22.7 Å². The zero-order valence-electron chi connectivity index (χ0n) is 20.8. The van der Waals surface area contributed by atoms with Crippen LogP contribution in [0.2, 0.25) is 0 Å². The van der Waals surface area contributed by atoms with Crippen molar-refractivity contribution in [2.45, 2.75) is 53.1 Å². The maximum absolute atomic E-state index is 12.4. The maximum Gasteiger partial charge on any atom is 0.416 e. The summed E-state index contributed by atoms with van der Waals surface area (Å²) in [6.45, 7) is 8.08. The predicted molar refractivity (Wildman–Crippen MR) is 139 cm³/mol. The van der Waals surface area contributed by atoms with Crippen molar-refractivity contribution in [3.63, 3.8) is 0 Å². The zero-order valence-corrected chi connectivity index (χ0v) is 22.4. The first-order valence-electron chi connectivity index (χ1n) is 11.2. The first-order valence-corrected chi connectivity index (χ1v) is 12.8. The third kappa shape index (κ3) is 10.3. The molecule has 1 nitrogen and oxygen atoms in total. The van der Waals surface area contributed by atoms with Crippen LogP contribution >= 0.6 is 22.7 Å². The first kappa shape index (κ1) is 30.6. The van der Waals surface area contributed by atoms with Crippen molar-refractivity contribution in [3.05, 3.63) is 114 Å². The summed E-state index contributed by atoms with van der Waals surface area (Å²) in [5.74, 6) is 0. The van der Waals surface area contributed by atoms with Gasteiger partial charge in [-0.2, -0.15) is 26.3 Å². The van der Waals surface area contributed by atoms with Crippen LogP contribution in [0.5, 0.6) is 0 Å². The lowest BCUT2D eigenvalue weighted by molar-refractivity contribution is -0.138. The van der Waals surface area contributed by atoms with Gasteiger partial charge in [-0.1, -0.05) is 24.3 Å². The molecule has 2 aromatic heterocycles. The Morgan fingerprint density at radius 1 is 0.595 bits per heavy atom. The van der Waals surface area contributed by atoms with Crippen molar-refractivity contribution in [3.8, 4) is 0 Å². The van der Waals surface area contributed by atoms with Gasteiger partial charge in [0.2, 0.25) is 0 Å². The number of benzene rings is 2. The molecule has 2 heterocycles. The number of alkyl halides is 6. The molecule has 1 N–H and O–H groups in total. The molecule has 0 saturated heterocycles. The molecule has 4 aromatic rings. The summed E-state index contributed by atoms with van der Waals surface area (Å²) in [6.07, 6.45) is -7.87. The van der Waals surface area contributed by atoms with Crippen LogP contribution in [-0.4, -0.2) is 5.11 Å². The second-order valence-corrected chi connectivity index (χ2v) is 11.3. The molecule has 0 spiro atoms. The fraction of sp³-hybridized carbons (Fsp3) is 0.286. The fourth-order valence-corrected chi connectivity index (χ4v) is 4.97. The van der Waals surface area contributed by atoms with Crippen molar-refractivity contribution in [2.75, 3.05) is 0 Å². The molecule has 0 fully saturated rings. The molecule has 2 aromatic carbocycles. The van der Waals surface area contributed by atoms with Crippen LogP contribution in [-0.2, 0) is 25.4 Å². The van der Waals surface area contributed by atoms with E-state index in [0.29, 0.717) is 12.0 Å². The zero-order chi connectivity index (χ0) is 27.8. The van der Waals surface area contributed by atoms with Crippen molar-refractivity contribution in [1.82, 2.24) is 0 Å². The highest BCUT2D eigenvalue weighted by molar-refractivity contribution is 7.12. The molecule has 0 unspecified atom stereocenters. The molecular formula is C28H28F6OS2. The van der Waals surface area contributed by atoms with Gasteiger partial charge in [-0.15, -0.1) is 22.7 Å². The molecule has 4 rings (SSSR count). The lowest BCUT2D eigenvalue weighted by Gasteiger charge is -2.07. The molecule has 0 radical (unpaired) electrons. The van der Waals surface area contributed by atoms with E-state index in [4.69, 9.17) is 5.11 Å². The van der Waals surface area contributed by atoms with E-state index in [2.05, 4.69) is 32.0 Å². The highest BCUT2D eigenvalue weighted by atomic mass is 32.1. The molecule has 0 aliphatic rings. The van der Waals surface area contributed by atoms with E-state index in [0.717, 1.165) is 29.8 Å². The summed E-state index contributed by atoms with van der Waals surface area (Å²) in [5.41, 5.74) is 1.29. The van der Waals surface area contributed by atoms with Gasteiger partial charge in [0.15, 0.2) is 0 Å². The third-order valence-electron chi connectivity index (χ3n) is 5.16. The van der Waals surface area contributed by atoms with Crippen LogP contribution in [0.3, 0.4) is 0 Å². The van der Waals surface area contributed by atoms with E-state index in [-0.39, 0.29) is 6.61 Å². The number of aliphatic hydroxyl groups is 1. The monoisotopic (exact) mass is 558 g/mol. The first-order chi connectivity index (χ1) is 17.2. The fourth-order valence-electron chi connectivity index (χ4n) is 3.25. The Bertz CT molecular complexity index is 1220. The highest BCUT2D eigenvalue weighted by Gasteiger charge is 2.30. The van der Waals surface area contributed by atoms with E-state index in [9.17, 15) is 26.3 Å². The number of aryl methyl sites for hydroxylation is 4. The minimum Gasteiger partial charge on any atom is -0.392 e. The van der Waals surface area contributed by atoms with E-state index >= 15 is 0 Å². The molecule has 37 heavy (non-hydrogen) atoms. The van der Waals surface area contributed by atoms with Gasteiger partial charge in [0.05, 0.1) is 17.7 Å². The van der Waals surface area contributed by atoms with Crippen molar-refractivity contribution < 1.29 is 31.4 Å². The van der Waals surface area contributed by atoms with Crippen LogP contribution < -0.4 is 0 Å². The minimum atomic E-state index is -4.30. The highest BCUT2D eigenvalue weighted by Crippen LogP contribution is 2.30. The SMILES string of the molecule is Cc1cc(Cc2ccc(C(F)(F)F)cc2)c(C)s1.Cc1ccc(C)s1.OCc1ccc(C(F)(F)F)cc1. The molecule has 9 heteroatoms. The average Bonchev–Trinajstić information content (AvgIpc) is 3.35. The Morgan fingerprint density at radius 2 is 1.03 bits per heavy atom. The van der Waals surface area contributed by atoms with Crippen LogP contribution in [0.25, 0.3) is 0 Å². The normalized spacial score (nSPS) is 11.3. The minimum absolute atomic E-state index is 0.238. The summed E-state index contributed by atoms with van der Waals surface area (Å²) in [4.78, 5) is 5.26. The van der Waals surface area contributed by atoms with Crippen LogP contribution in [0.15, 0.2) is 66.7 Å². The number of aliphatic hydroxyl groups excluding tert-OH is 1. The molecule has 0 saturated carbocycles. The Morgan fingerprint density at radius 3 is 1.32 bits per heavy atom. The number of halogens is 6. The summed E-state index contributed by atoms with van der Waals surface area (Å²) in [5, 5.41) is 8.55. The second kappa shape index (κ2) is 13.3. The van der Waals surface area contributed by atoms with Gasteiger partial charge in [0, 0.05) is 19.5 Å². The summed E-state index contributed by atoms with van der Waals surface area (Å²) >= 11 is 3.56. The van der Waals surface area contributed by atoms with Gasteiger partial charge in [0.1, 0.15) is 0 Å². The third-order valence-corrected chi connectivity index (χ3v) is 7.08. The average molecular weight is 559 g/mol. The van der Waals surface area contributed by atoms with Gasteiger partial charge < -0.3 is 5.11 Å². The Hall–Kier alpha value is -2.62. The van der Waals surface area contributed by atoms with E-state index in [1.54, 1.807) is 23.5 Å². The molecule has 0 aliphatic carbocycles. The molecule has 0 amide bonds. The molecule has 0 bridgehead atoms. The summed E-state index contributed by atoms with van der Waals surface area (Å²) < 4.78 is 73.1. The van der Waals surface area contributed by atoms with Gasteiger partial charge in [-0.25, -0.2) is 0 Å². The number of thiophene rings is 2. The van der Waals surface area contributed by atoms with Gasteiger partial charge >= 0.3 is 12.4 Å². The number of hydrogen-bond acceptors (Lipinski definition) is 3. The number of hydrogen-bond donors (Lipinski definition) is 1. The molecule has 200 valence electrons. The predicted octanol–water partition coefficient (Wildman–Crippen LogP) is 9.54. The summed E-state index contributed by atoms with van der Waals surface area (Å²) in [7, 11) is 0. The maximum atomic E-state index is 12.4. The lowest BCUT2D eigenvalue weighted by atomic mass is 10.0. The van der Waals surface area contributed by atoms with Gasteiger partial charge in [0.25, 0.3) is 0 Å². The molecule has 0 atom stereocenters. The van der Waals surface area contributed by atoms with Crippen molar-refractivity contribution in [2.24, 2.45) is 0 Å². The molecule has 0 aliphatic heterocycles. The van der Waals surface area contributed by atoms with Crippen LogP contribution in [0.1, 0.15) is 47.3 Å². The van der Waals surface area contributed by atoms with Crippen LogP contribution in [0, 0.1) is 27.7 Å². The van der Waals surface area contributed by atoms with Crippen LogP contribution in [0.4, 0.5) is 26.3 Å². The largest absolute Gasteiger partial charge is 0.416 e. The number of rotatable bonds is 3. The Labute approximate surface area is 221 Å². The Kier molecular flexibility index (Phi) is 11.0. The van der Waals surface area contributed by atoms with Gasteiger partial charge in [-0.05, 0) is 93.3 Å². The van der Waals surface area contributed by atoms with E-state index in [1.165, 1.54) is 37.2 Å².